The largest absolute Gasteiger partial charge is 0.444 e. The number of nitrogens with one attached hydrogen (secondary N) is 2. The lowest BCUT2D eigenvalue weighted by atomic mass is 9.94. The molecule has 0 saturated carbocycles. The number of carbonyl (C=O) groups excluding carboxylic acids is 1. The number of aliphatic hydroxyl groups excluding tert-OH is 1. The zero-order valence-electron chi connectivity index (χ0n) is 24.2. The highest BCUT2D eigenvalue weighted by atomic mass is 16.6. The second-order valence-corrected chi connectivity index (χ2v) is 12.0. The number of nitrogens with zero attached hydrogens (tertiary/aromatic N) is 6. The Morgan fingerprint density at radius 1 is 1.20 bits per heavy atom. The lowest BCUT2D eigenvalue weighted by Gasteiger charge is -2.36. The van der Waals surface area contributed by atoms with Gasteiger partial charge in [0.15, 0.2) is 5.65 Å². The van der Waals surface area contributed by atoms with Crippen molar-refractivity contribution in [2.45, 2.75) is 72.1 Å². The van der Waals surface area contributed by atoms with Gasteiger partial charge in [0.25, 0.3) is 0 Å². The third-order valence-electron chi connectivity index (χ3n) is 7.14. The van der Waals surface area contributed by atoms with Crippen molar-refractivity contribution in [3.05, 3.63) is 53.6 Å². The fraction of sp³-hybridized carbons (Fsp3) is 0.517. The predicted molar refractivity (Wildman–Crippen MR) is 155 cm³/mol. The molecule has 2 atom stereocenters. The van der Waals surface area contributed by atoms with Gasteiger partial charge >= 0.3 is 6.09 Å². The number of imidazole rings is 1. The summed E-state index contributed by atoms with van der Waals surface area (Å²) in [5.41, 5.74) is 4.27. The number of ether oxygens (including phenoxy) is 1. The summed E-state index contributed by atoms with van der Waals surface area (Å²) in [6.45, 7) is 13.7. The van der Waals surface area contributed by atoms with E-state index in [0.29, 0.717) is 31.9 Å². The Hall–Kier alpha value is -3.86. The van der Waals surface area contributed by atoms with Gasteiger partial charge in [-0.3, -0.25) is 0 Å². The molecule has 0 bridgehead atoms. The molecule has 11 nitrogen and oxygen atoms in total. The topological polar surface area (TPSA) is 121 Å². The van der Waals surface area contributed by atoms with Gasteiger partial charge in [-0.2, -0.15) is 9.61 Å². The van der Waals surface area contributed by atoms with Crippen molar-refractivity contribution in [1.82, 2.24) is 28.9 Å². The van der Waals surface area contributed by atoms with Crippen LogP contribution >= 0.6 is 0 Å². The highest BCUT2D eigenvalue weighted by molar-refractivity contribution is 5.68. The van der Waals surface area contributed by atoms with Gasteiger partial charge in [0.05, 0.1) is 31.1 Å². The number of piperidine rings is 1. The molecular weight excluding hydrogens is 508 g/mol. The van der Waals surface area contributed by atoms with Crippen molar-refractivity contribution >= 4 is 29.0 Å². The highest BCUT2D eigenvalue weighted by Gasteiger charge is 2.32. The first-order chi connectivity index (χ1) is 19.0. The van der Waals surface area contributed by atoms with E-state index in [2.05, 4.69) is 48.8 Å². The minimum atomic E-state index is -0.657. The lowest BCUT2D eigenvalue weighted by Crippen LogP contribution is -2.49. The number of pyridine rings is 1. The number of aryl methyl sites for hydroxylation is 1. The molecule has 4 aromatic rings. The van der Waals surface area contributed by atoms with Crippen molar-refractivity contribution in [3.8, 4) is 0 Å². The van der Waals surface area contributed by atoms with E-state index in [1.807, 2.05) is 54.2 Å². The zero-order chi connectivity index (χ0) is 28.6. The molecule has 0 aromatic carbocycles. The molecule has 3 N–H and O–H groups in total. The number of carbonyl (C=O) groups is 1. The van der Waals surface area contributed by atoms with Crippen LogP contribution < -0.4 is 10.6 Å². The van der Waals surface area contributed by atoms with Crippen molar-refractivity contribution in [2.75, 3.05) is 30.3 Å². The maximum Gasteiger partial charge on any atom is 0.410 e. The summed E-state index contributed by atoms with van der Waals surface area (Å²) in [6, 6.07) is 6.01. The van der Waals surface area contributed by atoms with E-state index >= 15 is 0 Å². The molecule has 0 unspecified atom stereocenters. The van der Waals surface area contributed by atoms with Crippen LogP contribution in [0.2, 0.25) is 0 Å². The summed E-state index contributed by atoms with van der Waals surface area (Å²) >= 11 is 0. The summed E-state index contributed by atoms with van der Waals surface area (Å²) in [4.78, 5) is 23.6. The van der Waals surface area contributed by atoms with Gasteiger partial charge in [-0.25, -0.2) is 14.8 Å². The highest BCUT2D eigenvalue weighted by Crippen LogP contribution is 2.26. The average Bonchev–Trinajstić information content (AvgIpc) is 3.49. The summed E-state index contributed by atoms with van der Waals surface area (Å²) in [5.74, 6) is 1.73. The van der Waals surface area contributed by atoms with Gasteiger partial charge in [0, 0.05) is 43.0 Å². The van der Waals surface area contributed by atoms with Gasteiger partial charge in [-0.05, 0) is 51.7 Å². The number of fused-ring (bicyclic) bond motifs is 2. The van der Waals surface area contributed by atoms with Crippen molar-refractivity contribution in [3.63, 3.8) is 0 Å². The van der Waals surface area contributed by atoms with E-state index in [0.717, 1.165) is 28.4 Å². The molecule has 5 heterocycles. The minimum absolute atomic E-state index is 0.0240. The molecule has 4 aromatic heterocycles. The third kappa shape index (κ3) is 6.14. The van der Waals surface area contributed by atoms with Crippen molar-refractivity contribution < 1.29 is 14.6 Å². The number of aliphatic hydroxyl groups is 1. The number of aromatic nitrogens is 5. The molecule has 1 aliphatic rings. The van der Waals surface area contributed by atoms with Crippen LogP contribution in [0.25, 0.3) is 11.3 Å². The monoisotopic (exact) mass is 548 g/mol. The molecule has 1 fully saturated rings. The second kappa shape index (κ2) is 11.0. The van der Waals surface area contributed by atoms with E-state index in [4.69, 9.17) is 14.7 Å². The Labute approximate surface area is 234 Å². The maximum absolute atomic E-state index is 12.4. The number of amides is 1. The average molecular weight is 549 g/mol. The summed E-state index contributed by atoms with van der Waals surface area (Å²) in [5, 5.41) is 22.4. The van der Waals surface area contributed by atoms with Crippen molar-refractivity contribution in [1.29, 1.82) is 0 Å². The van der Waals surface area contributed by atoms with Crippen LogP contribution in [-0.2, 0) is 11.3 Å². The van der Waals surface area contributed by atoms with Crippen LogP contribution in [0.1, 0.15) is 63.8 Å². The van der Waals surface area contributed by atoms with Gasteiger partial charge in [0.2, 0.25) is 0 Å². The van der Waals surface area contributed by atoms with E-state index in [1.165, 1.54) is 5.56 Å². The van der Waals surface area contributed by atoms with Crippen LogP contribution in [0.5, 0.6) is 0 Å². The second-order valence-electron chi connectivity index (χ2n) is 12.0. The molecule has 0 aliphatic carbocycles. The van der Waals surface area contributed by atoms with E-state index in [-0.39, 0.29) is 24.5 Å². The quantitative estimate of drug-likeness (QED) is 0.310. The Morgan fingerprint density at radius 3 is 2.73 bits per heavy atom. The van der Waals surface area contributed by atoms with E-state index in [9.17, 15) is 9.90 Å². The molecule has 0 radical (unpaired) electrons. The third-order valence-corrected chi connectivity index (χ3v) is 7.14. The van der Waals surface area contributed by atoms with Crippen LogP contribution in [0.4, 0.5) is 16.4 Å². The molecule has 1 saturated heterocycles. The number of hydrogen-bond donors (Lipinski definition) is 3. The summed E-state index contributed by atoms with van der Waals surface area (Å²) < 4.78 is 9.33. The first kappa shape index (κ1) is 27.7. The first-order valence-electron chi connectivity index (χ1n) is 13.9. The molecule has 214 valence electrons. The minimum Gasteiger partial charge on any atom is -0.444 e. The zero-order valence-corrected chi connectivity index (χ0v) is 24.2. The molecule has 1 amide bonds. The molecule has 1 aliphatic heterocycles. The lowest BCUT2D eigenvalue weighted by molar-refractivity contribution is -0.0104. The molecular formula is C29H40N8O3. The molecule has 11 heteroatoms. The first-order valence-corrected chi connectivity index (χ1v) is 13.9. The fourth-order valence-corrected chi connectivity index (χ4v) is 4.97. The number of anilines is 2. The molecule has 5 rings (SSSR count). The van der Waals surface area contributed by atoms with Crippen LogP contribution in [0, 0.1) is 12.8 Å². The fourth-order valence-electron chi connectivity index (χ4n) is 4.97. The SMILES string of the molecule is Cc1ccc2nc(CNc3cc(NC[C@H]4CCN(C(=O)OC(C)(C)C)C[C@@H]4O)nc4c(C(C)C)cnn34)cn2c1. The van der Waals surface area contributed by atoms with Crippen LogP contribution in [0.3, 0.4) is 0 Å². The van der Waals surface area contributed by atoms with Crippen LogP contribution in [-0.4, -0.2) is 71.4 Å². The van der Waals surface area contributed by atoms with Gasteiger partial charge < -0.3 is 29.8 Å². The van der Waals surface area contributed by atoms with Crippen LogP contribution in [0.15, 0.2) is 36.8 Å². The Bertz CT molecular complexity index is 1500. The Balaban J connectivity index is 1.30. The van der Waals surface area contributed by atoms with E-state index < -0.39 is 11.7 Å². The Kier molecular flexibility index (Phi) is 7.59. The Morgan fingerprint density at radius 2 is 2.00 bits per heavy atom. The predicted octanol–water partition coefficient (Wildman–Crippen LogP) is 4.45. The van der Waals surface area contributed by atoms with Gasteiger partial charge in [-0.1, -0.05) is 19.9 Å². The maximum atomic E-state index is 12.4. The summed E-state index contributed by atoms with van der Waals surface area (Å²) in [7, 11) is 0. The molecule has 0 spiro atoms. The van der Waals surface area contributed by atoms with Gasteiger partial charge in [0.1, 0.15) is 22.9 Å². The number of rotatable bonds is 7. The van der Waals surface area contributed by atoms with Gasteiger partial charge in [-0.15, -0.1) is 0 Å². The number of likely N-dealkylation sites (tertiary alicyclic amines) is 1. The smallest absolute Gasteiger partial charge is 0.410 e. The van der Waals surface area contributed by atoms with E-state index in [1.54, 1.807) is 4.90 Å². The number of β-amino-alcohol motifs (C(OH)–C–C–N with tert-alkyl or cyclic N) is 1. The number of hydrogen-bond acceptors (Lipinski definition) is 8. The van der Waals surface area contributed by atoms with Crippen molar-refractivity contribution in [2.24, 2.45) is 5.92 Å². The standard InChI is InChI=1S/C29H40N8O3/c1-18(2)22-14-32-37-26(31-13-21-16-36-15-19(3)7-8-25(36)33-21)11-24(34-27(22)37)30-12-20-9-10-35(17-23(20)38)28(39)40-29(4,5)6/h7-8,11,14-16,18,20,23,31,38H,9-10,12-13,17H2,1-6H3,(H,30,34)/t20-,23+/m1/s1. The summed E-state index contributed by atoms with van der Waals surface area (Å²) in [6.07, 6.45) is 5.58. The normalized spacial score (nSPS) is 18.1. The molecule has 40 heavy (non-hydrogen) atoms.